The van der Waals surface area contributed by atoms with Crippen molar-refractivity contribution < 1.29 is 18.3 Å². The molecule has 0 aromatic carbocycles. The molecule has 3 atom stereocenters. The molecule has 2 unspecified atom stereocenters. The van der Waals surface area contributed by atoms with Crippen LogP contribution in [0.25, 0.3) is 0 Å². The average molecular weight is 420 g/mol. The maximum Gasteiger partial charge on any atom is 0.245 e. The summed E-state index contributed by atoms with van der Waals surface area (Å²) in [5.74, 6) is 0.953. The van der Waals surface area contributed by atoms with Gasteiger partial charge in [-0.2, -0.15) is 4.31 Å². The van der Waals surface area contributed by atoms with Crippen LogP contribution in [0.1, 0.15) is 51.9 Å². The SMILES string of the molecule is C[C@]1(C(=O)NC2C3CC4CC2CC(O)(C4)C3)CCCN1S(=O)(=O)c1cccnc1. The summed E-state index contributed by atoms with van der Waals surface area (Å²) in [7, 11) is -3.79. The fraction of sp³-hybridized carbons (Fsp3) is 0.714. The molecule has 1 aromatic heterocycles. The van der Waals surface area contributed by atoms with Gasteiger partial charge in [-0.05, 0) is 81.8 Å². The maximum atomic E-state index is 13.4. The number of nitrogens with one attached hydrogen (secondary N) is 1. The summed E-state index contributed by atoms with van der Waals surface area (Å²) < 4.78 is 27.8. The number of aromatic nitrogens is 1. The number of nitrogens with zero attached hydrogens (tertiary/aromatic N) is 2. The van der Waals surface area contributed by atoms with Crippen LogP contribution >= 0.6 is 0 Å². The Morgan fingerprint density at radius 1 is 1.28 bits per heavy atom. The molecule has 4 saturated carbocycles. The molecule has 4 bridgehead atoms. The molecule has 0 radical (unpaired) electrons. The van der Waals surface area contributed by atoms with E-state index in [1.807, 2.05) is 0 Å². The molecule has 5 fully saturated rings. The Balaban J connectivity index is 1.38. The summed E-state index contributed by atoms with van der Waals surface area (Å²) in [4.78, 5) is 17.5. The van der Waals surface area contributed by atoms with Gasteiger partial charge in [0.15, 0.2) is 0 Å². The second-order valence-corrected chi connectivity index (χ2v) is 11.7. The van der Waals surface area contributed by atoms with E-state index in [2.05, 4.69) is 10.3 Å². The molecule has 158 valence electrons. The standard InChI is InChI=1S/C21H29N3O4S/c1-20(5-3-7-24(20)29(27,28)17-4-2-6-22-13-17)19(25)23-18-15-8-14-9-16(18)12-21(26,10-14)11-15/h2,4,6,13-16,18,26H,3,5,7-12H2,1H3,(H,23,25)/t14?,15?,16?,18?,20-,21?/m1/s1. The molecule has 5 aliphatic rings. The van der Waals surface area contributed by atoms with Gasteiger partial charge in [-0.25, -0.2) is 8.42 Å². The molecule has 1 saturated heterocycles. The third kappa shape index (κ3) is 3.02. The predicted octanol–water partition coefficient (Wildman–Crippen LogP) is 1.68. The molecule has 1 amide bonds. The fourth-order valence-corrected chi connectivity index (χ4v) is 8.47. The van der Waals surface area contributed by atoms with Gasteiger partial charge in [-0.15, -0.1) is 0 Å². The molecule has 1 aromatic rings. The van der Waals surface area contributed by atoms with Crippen LogP contribution < -0.4 is 5.32 Å². The second kappa shape index (κ2) is 6.49. The topological polar surface area (TPSA) is 99.6 Å². The van der Waals surface area contributed by atoms with Crippen LogP contribution in [0.3, 0.4) is 0 Å². The minimum absolute atomic E-state index is 0.0414. The third-order valence-electron chi connectivity index (χ3n) is 7.83. The molecule has 1 aliphatic heterocycles. The van der Waals surface area contributed by atoms with Crippen molar-refractivity contribution in [3.63, 3.8) is 0 Å². The van der Waals surface area contributed by atoms with Crippen LogP contribution in [0, 0.1) is 17.8 Å². The van der Waals surface area contributed by atoms with Gasteiger partial charge in [0.25, 0.3) is 0 Å². The molecule has 29 heavy (non-hydrogen) atoms. The summed E-state index contributed by atoms with van der Waals surface area (Å²) in [6, 6.07) is 3.16. The maximum absolute atomic E-state index is 13.4. The van der Waals surface area contributed by atoms with Crippen LogP contribution in [0.5, 0.6) is 0 Å². The zero-order valence-corrected chi connectivity index (χ0v) is 17.6. The van der Waals surface area contributed by atoms with E-state index < -0.39 is 21.2 Å². The molecule has 7 nitrogen and oxygen atoms in total. The number of hydrogen-bond donors (Lipinski definition) is 2. The van der Waals surface area contributed by atoms with Crippen molar-refractivity contribution in [2.75, 3.05) is 6.54 Å². The first-order valence-corrected chi connectivity index (χ1v) is 12.1. The van der Waals surface area contributed by atoms with Crippen molar-refractivity contribution in [2.24, 2.45) is 17.8 Å². The van der Waals surface area contributed by atoms with E-state index in [1.54, 1.807) is 13.0 Å². The van der Waals surface area contributed by atoms with E-state index >= 15 is 0 Å². The first kappa shape index (κ1) is 19.5. The van der Waals surface area contributed by atoms with Crippen LogP contribution in [0.15, 0.2) is 29.4 Å². The summed E-state index contributed by atoms with van der Waals surface area (Å²) >= 11 is 0. The number of carbonyl (C=O) groups is 1. The van der Waals surface area contributed by atoms with E-state index in [-0.39, 0.29) is 16.8 Å². The number of pyridine rings is 1. The molecule has 2 N–H and O–H groups in total. The number of aliphatic hydroxyl groups is 1. The molecule has 4 aliphatic carbocycles. The highest BCUT2D eigenvalue weighted by Gasteiger charge is 2.57. The Morgan fingerprint density at radius 3 is 2.62 bits per heavy atom. The lowest BCUT2D eigenvalue weighted by molar-refractivity contribution is -0.150. The average Bonchev–Trinajstić information content (AvgIpc) is 3.08. The normalized spacial score (nSPS) is 41.6. The number of rotatable bonds is 4. The van der Waals surface area contributed by atoms with Gasteiger partial charge in [0, 0.05) is 25.0 Å². The summed E-state index contributed by atoms with van der Waals surface area (Å²) in [5.41, 5.74) is -1.65. The van der Waals surface area contributed by atoms with Crippen LogP contribution in [-0.2, 0) is 14.8 Å². The molecule has 8 heteroatoms. The number of amides is 1. The Bertz CT molecular complexity index is 905. The molecular formula is C21H29N3O4S. The van der Waals surface area contributed by atoms with Crippen molar-refractivity contribution >= 4 is 15.9 Å². The van der Waals surface area contributed by atoms with E-state index in [9.17, 15) is 18.3 Å². The lowest BCUT2D eigenvalue weighted by Gasteiger charge is -2.58. The van der Waals surface area contributed by atoms with E-state index in [1.165, 1.54) is 22.8 Å². The molecule has 0 spiro atoms. The van der Waals surface area contributed by atoms with E-state index in [0.29, 0.717) is 37.1 Å². The quantitative estimate of drug-likeness (QED) is 0.774. The van der Waals surface area contributed by atoms with Crippen LogP contribution in [0.2, 0.25) is 0 Å². The molecule has 6 rings (SSSR count). The first-order chi connectivity index (χ1) is 13.7. The number of hydrogen-bond acceptors (Lipinski definition) is 5. The number of sulfonamides is 1. The Kier molecular flexibility index (Phi) is 4.35. The Labute approximate surface area is 171 Å². The van der Waals surface area contributed by atoms with Gasteiger partial charge >= 0.3 is 0 Å². The van der Waals surface area contributed by atoms with Crippen molar-refractivity contribution in [1.29, 1.82) is 0 Å². The highest BCUT2D eigenvalue weighted by molar-refractivity contribution is 7.89. The van der Waals surface area contributed by atoms with Gasteiger partial charge in [-0.3, -0.25) is 9.78 Å². The third-order valence-corrected chi connectivity index (χ3v) is 9.83. The van der Waals surface area contributed by atoms with Gasteiger partial charge < -0.3 is 10.4 Å². The largest absolute Gasteiger partial charge is 0.390 e. The van der Waals surface area contributed by atoms with Gasteiger partial charge in [0.1, 0.15) is 10.4 Å². The second-order valence-electron chi connectivity index (χ2n) is 9.84. The van der Waals surface area contributed by atoms with Crippen molar-refractivity contribution in [2.45, 2.75) is 73.9 Å². The number of carbonyl (C=O) groups excluding carboxylic acids is 1. The van der Waals surface area contributed by atoms with Crippen LogP contribution in [-0.4, -0.2) is 52.4 Å². The van der Waals surface area contributed by atoms with Gasteiger partial charge in [0.05, 0.1) is 5.60 Å². The van der Waals surface area contributed by atoms with Crippen LogP contribution in [0.4, 0.5) is 0 Å². The van der Waals surface area contributed by atoms with Gasteiger partial charge in [-0.1, -0.05) is 0 Å². The summed E-state index contributed by atoms with van der Waals surface area (Å²) in [6.07, 6.45) is 8.54. The fourth-order valence-electron chi connectivity index (χ4n) is 6.70. The predicted molar refractivity (Wildman–Crippen MR) is 106 cm³/mol. The lowest BCUT2D eigenvalue weighted by Crippen LogP contribution is -2.65. The van der Waals surface area contributed by atoms with Crippen molar-refractivity contribution in [1.82, 2.24) is 14.6 Å². The summed E-state index contributed by atoms with van der Waals surface area (Å²) in [6.45, 7) is 2.08. The smallest absolute Gasteiger partial charge is 0.245 e. The van der Waals surface area contributed by atoms with E-state index in [4.69, 9.17) is 0 Å². The van der Waals surface area contributed by atoms with Crippen molar-refractivity contribution in [3.05, 3.63) is 24.5 Å². The molecular weight excluding hydrogens is 390 g/mol. The highest BCUT2D eigenvalue weighted by Crippen LogP contribution is 2.55. The van der Waals surface area contributed by atoms with E-state index in [0.717, 1.165) is 32.1 Å². The Morgan fingerprint density at radius 2 is 2.00 bits per heavy atom. The highest BCUT2D eigenvalue weighted by atomic mass is 32.2. The monoisotopic (exact) mass is 419 g/mol. The minimum atomic E-state index is -3.79. The lowest BCUT2D eigenvalue weighted by atomic mass is 9.52. The van der Waals surface area contributed by atoms with Gasteiger partial charge in [0.2, 0.25) is 15.9 Å². The molecule has 2 heterocycles. The first-order valence-electron chi connectivity index (χ1n) is 10.7. The van der Waals surface area contributed by atoms with Crippen molar-refractivity contribution in [3.8, 4) is 0 Å². The zero-order chi connectivity index (χ0) is 20.4. The minimum Gasteiger partial charge on any atom is -0.390 e. The zero-order valence-electron chi connectivity index (χ0n) is 16.8. The Hall–Kier alpha value is -1.51. The summed E-state index contributed by atoms with van der Waals surface area (Å²) in [5, 5.41) is 14.0.